The molecule has 0 unspecified atom stereocenters. The number of phenolic OH excluding ortho intramolecular Hbond substituents is 1. The molecule has 0 aromatic heterocycles. The minimum Gasteiger partial charge on any atom is -0.504 e. The quantitative estimate of drug-likeness (QED) is 0.867. The average Bonchev–Trinajstić information content (AvgIpc) is 2.53. The molecule has 0 radical (unpaired) electrons. The fourth-order valence-corrected chi connectivity index (χ4v) is 3.08. The van der Waals surface area contributed by atoms with Crippen molar-refractivity contribution in [2.24, 2.45) is 5.73 Å². The highest BCUT2D eigenvalue weighted by Gasteiger charge is 2.38. The summed E-state index contributed by atoms with van der Waals surface area (Å²) in [5.41, 5.74) is 7.12. The van der Waals surface area contributed by atoms with E-state index in [2.05, 4.69) is 0 Å². The van der Waals surface area contributed by atoms with Gasteiger partial charge in [-0.1, -0.05) is 6.07 Å². The number of carbonyl (C=O) groups excluding carboxylic acids is 1. The summed E-state index contributed by atoms with van der Waals surface area (Å²) in [5, 5.41) is 19.5. The lowest BCUT2D eigenvalue weighted by Crippen LogP contribution is -2.27. The Hall–Kier alpha value is -2.94. The van der Waals surface area contributed by atoms with Crippen LogP contribution in [0.25, 0.3) is 0 Å². The molecule has 3 N–H and O–H groups in total. The Morgan fingerprint density at radius 3 is 2.87 bits per heavy atom. The first-order chi connectivity index (χ1) is 11.1. The number of nitrogens with two attached hydrogens (primary N) is 1. The number of Topliss-reactive ketones (excluding diaryl/α,β-unsaturated/α-hetero) is 1. The molecule has 1 atom stereocenters. The van der Waals surface area contributed by atoms with Crippen LogP contribution in [-0.2, 0) is 9.53 Å². The molecule has 0 fully saturated rings. The average molecular weight is 312 g/mol. The summed E-state index contributed by atoms with van der Waals surface area (Å²) >= 11 is 0. The van der Waals surface area contributed by atoms with Gasteiger partial charge in [-0.15, -0.1) is 0 Å². The molecule has 0 amide bonds. The Morgan fingerprint density at radius 1 is 1.43 bits per heavy atom. The second-order valence-corrected chi connectivity index (χ2v) is 5.47. The van der Waals surface area contributed by atoms with Crippen molar-refractivity contribution >= 4 is 5.78 Å². The summed E-state index contributed by atoms with van der Waals surface area (Å²) in [7, 11) is 1.45. The summed E-state index contributed by atoms with van der Waals surface area (Å²) in [5.74, 6) is 0.137. The van der Waals surface area contributed by atoms with Crippen LogP contribution in [0.3, 0.4) is 0 Å². The number of aromatic hydroxyl groups is 1. The number of carbonyl (C=O) groups is 1. The highest BCUT2D eigenvalue weighted by Crippen LogP contribution is 2.44. The van der Waals surface area contributed by atoms with E-state index in [0.29, 0.717) is 41.9 Å². The van der Waals surface area contributed by atoms with Crippen LogP contribution in [0.5, 0.6) is 11.5 Å². The monoisotopic (exact) mass is 312 g/mol. The van der Waals surface area contributed by atoms with Gasteiger partial charge in [-0.05, 0) is 24.1 Å². The topological polar surface area (TPSA) is 106 Å². The van der Waals surface area contributed by atoms with Crippen LogP contribution in [0.2, 0.25) is 0 Å². The molecule has 1 aliphatic heterocycles. The van der Waals surface area contributed by atoms with E-state index in [4.69, 9.17) is 15.2 Å². The zero-order valence-corrected chi connectivity index (χ0v) is 12.6. The van der Waals surface area contributed by atoms with Crippen molar-refractivity contribution in [3.8, 4) is 17.6 Å². The van der Waals surface area contributed by atoms with Crippen molar-refractivity contribution < 1.29 is 19.4 Å². The number of benzene rings is 1. The summed E-state index contributed by atoms with van der Waals surface area (Å²) in [4.78, 5) is 12.4. The fourth-order valence-electron chi connectivity index (χ4n) is 3.08. The van der Waals surface area contributed by atoms with Crippen LogP contribution in [0.15, 0.2) is 41.0 Å². The van der Waals surface area contributed by atoms with Gasteiger partial charge in [-0.2, -0.15) is 5.26 Å². The molecule has 1 heterocycles. The van der Waals surface area contributed by atoms with Crippen molar-refractivity contribution in [3.63, 3.8) is 0 Å². The number of methoxy groups -OCH3 is 1. The summed E-state index contributed by atoms with van der Waals surface area (Å²) in [6.07, 6.45) is 1.73. The number of phenols is 1. The number of hydrogen-bond donors (Lipinski definition) is 2. The van der Waals surface area contributed by atoms with Crippen LogP contribution in [-0.4, -0.2) is 18.0 Å². The van der Waals surface area contributed by atoms with E-state index in [1.165, 1.54) is 13.2 Å². The van der Waals surface area contributed by atoms with E-state index in [9.17, 15) is 15.2 Å². The van der Waals surface area contributed by atoms with Crippen molar-refractivity contribution in [2.45, 2.75) is 25.2 Å². The minimum absolute atomic E-state index is 0.0151. The van der Waals surface area contributed by atoms with E-state index < -0.39 is 5.92 Å². The third-order valence-corrected chi connectivity index (χ3v) is 4.14. The van der Waals surface area contributed by atoms with E-state index in [1.807, 2.05) is 6.07 Å². The first-order valence-electron chi connectivity index (χ1n) is 7.27. The third kappa shape index (κ3) is 2.40. The van der Waals surface area contributed by atoms with Crippen molar-refractivity contribution in [3.05, 3.63) is 46.6 Å². The molecule has 2 aliphatic rings. The second-order valence-electron chi connectivity index (χ2n) is 5.47. The van der Waals surface area contributed by atoms with Crippen LogP contribution >= 0.6 is 0 Å². The number of ether oxygens (including phenoxy) is 2. The maximum absolute atomic E-state index is 12.4. The molecule has 1 aliphatic carbocycles. The molecule has 1 aromatic rings. The molecule has 0 spiro atoms. The molecule has 6 nitrogen and oxygen atoms in total. The first-order valence-corrected chi connectivity index (χ1v) is 7.27. The third-order valence-electron chi connectivity index (χ3n) is 4.14. The van der Waals surface area contributed by atoms with Crippen LogP contribution < -0.4 is 10.5 Å². The van der Waals surface area contributed by atoms with Crippen LogP contribution in [0.4, 0.5) is 0 Å². The van der Waals surface area contributed by atoms with Crippen LogP contribution in [0.1, 0.15) is 30.7 Å². The lowest BCUT2D eigenvalue weighted by atomic mass is 9.77. The number of rotatable bonds is 2. The van der Waals surface area contributed by atoms with E-state index in [0.717, 1.165) is 0 Å². The van der Waals surface area contributed by atoms with Gasteiger partial charge in [0, 0.05) is 18.4 Å². The summed E-state index contributed by atoms with van der Waals surface area (Å²) < 4.78 is 10.5. The molecule has 0 bridgehead atoms. The lowest BCUT2D eigenvalue weighted by Gasteiger charge is -2.31. The van der Waals surface area contributed by atoms with Crippen molar-refractivity contribution in [1.29, 1.82) is 5.26 Å². The van der Waals surface area contributed by atoms with Gasteiger partial charge in [0.1, 0.15) is 17.4 Å². The number of nitriles is 1. The minimum atomic E-state index is -0.617. The highest BCUT2D eigenvalue weighted by atomic mass is 16.5. The van der Waals surface area contributed by atoms with Crippen molar-refractivity contribution in [2.75, 3.05) is 7.11 Å². The Kier molecular flexibility index (Phi) is 3.70. The Morgan fingerprint density at radius 2 is 2.22 bits per heavy atom. The van der Waals surface area contributed by atoms with E-state index in [-0.39, 0.29) is 23.0 Å². The maximum atomic E-state index is 12.4. The number of ketones is 1. The number of allylic oxidation sites excluding steroid dienone is 3. The zero-order chi connectivity index (χ0) is 16.6. The standard InChI is InChI=1S/C17H16N2O4/c1-22-13-6-5-9(7-12(13)21)15-10(8-18)17(19)23-14-4-2-3-11(20)16(14)15/h5-7,15,21H,2-4,19H2,1H3/t15-/m0/s1. The van der Waals surface area contributed by atoms with Gasteiger partial charge >= 0.3 is 0 Å². The molecule has 1 aromatic carbocycles. The zero-order valence-electron chi connectivity index (χ0n) is 12.6. The van der Waals surface area contributed by atoms with Gasteiger partial charge in [0.25, 0.3) is 0 Å². The Labute approximate surface area is 133 Å². The van der Waals surface area contributed by atoms with Gasteiger partial charge in [0.2, 0.25) is 5.88 Å². The molecule has 23 heavy (non-hydrogen) atoms. The molecular formula is C17H16N2O4. The van der Waals surface area contributed by atoms with Gasteiger partial charge in [0.05, 0.1) is 13.0 Å². The largest absolute Gasteiger partial charge is 0.504 e. The smallest absolute Gasteiger partial charge is 0.205 e. The lowest BCUT2D eigenvalue weighted by molar-refractivity contribution is -0.116. The maximum Gasteiger partial charge on any atom is 0.205 e. The van der Waals surface area contributed by atoms with E-state index >= 15 is 0 Å². The second kappa shape index (κ2) is 5.69. The van der Waals surface area contributed by atoms with E-state index in [1.54, 1.807) is 12.1 Å². The Balaban J connectivity index is 2.17. The predicted molar refractivity (Wildman–Crippen MR) is 81.2 cm³/mol. The summed E-state index contributed by atoms with van der Waals surface area (Å²) in [6.45, 7) is 0. The van der Waals surface area contributed by atoms with Gasteiger partial charge in [-0.3, -0.25) is 4.79 Å². The first kappa shape index (κ1) is 15.0. The molecular weight excluding hydrogens is 296 g/mol. The van der Waals surface area contributed by atoms with Gasteiger partial charge < -0.3 is 20.3 Å². The Bertz CT molecular complexity index is 786. The SMILES string of the molecule is COc1ccc([C@H]2C(C#N)=C(N)OC3=C2C(=O)CCC3)cc1O. The predicted octanol–water partition coefficient (Wildman–Crippen LogP) is 2.22. The number of hydrogen-bond acceptors (Lipinski definition) is 6. The van der Waals surface area contributed by atoms with Crippen LogP contribution in [0, 0.1) is 11.3 Å². The fraction of sp³-hybridized carbons (Fsp3) is 0.294. The molecule has 3 rings (SSSR count). The summed E-state index contributed by atoms with van der Waals surface area (Å²) in [6, 6.07) is 6.84. The molecule has 6 heteroatoms. The highest BCUT2D eigenvalue weighted by molar-refractivity contribution is 5.99. The molecule has 0 saturated heterocycles. The molecule has 0 saturated carbocycles. The van der Waals surface area contributed by atoms with Gasteiger partial charge in [0.15, 0.2) is 17.3 Å². The van der Waals surface area contributed by atoms with Gasteiger partial charge in [-0.25, -0.2) is 0 Å². The molecule has 118 valence electrons. The number of nitrogens with zero attached hydrogens (tertiary/aromatic N) is 1. The van der Waals surface area contributed by atoms with Crippen molar-refractivity contribution in [1.82, 2.24) is 0 Å². The normalized spacial score (nSPS) is 20.7.